The molecule has 6 heteroatoms. The molecule has 0 saturated carbocycles. The van der Waals surface area contributed by atoms with Gasteiger partial charge < -0.3 is 10.1 Å². The minimum Gasteiger partial charge on any atom is -0.405 e. The molecule has 0 heterocycles. The lowest BCUT2D eigenvalue weighted by atomic mass is 10.2. The molecule has 0 aliphatic heterocycles. The van der Waals surface area contributed by atoms with Crippen LogP contribution in [0.3, 0.4) is 0 Å². The Balaban J connectivity index is 2.64. The molecule has 1 aromatic carbocycles. The lowest BCUT2D eigenvalue weighted by Crippen LogP contribution is -2.24. The van der Waals surface area contributed by atoms with Crippen LogP contribution in [0.25, 0.3) is 0 Å². The van der Waals surface area contributed by atoms with Gasteiger partial charge in [-0.1, -0.05) is 6.07 Å². The maximum Gasteiger partial charge on any atom is 0.573 e. The number of hydrogen-bond acceptors (Lipinski definition) is 2. The Morgan fingerprint density at radius 1 is 1.47 bits per heavy atom. The lowest BCUT2D eigenvalue weighted by molar-refractivity contribution is -0.274. The van der Waals surface area contributed by atoms with E-state index in [9.17, 15) is 13.2 Å². The summed E-state index contributed by atoms with van der Waals surface area (Å²) in [7, 11) is 0. The second-order valence-corrected chi connectivity index (χ2v) is 4.86. The Bertz CT molecular complexity index is 468. The number of alkyl halides is 3. The molecule has 0 saturated heterocycles. The van der Waals surface area contributed by atoms with Gasteiger partial charge >= 0.3 is 6.36 Å². The Hall–Kier alpha value is -1.19. The maximum absolute atomic E-state index is 12.1. The van der Waals surface area contributed by atoms with Gasteiger partial charge in [0.05, 0.1) is 4.47 Å². The van der Waals surface area contributed by atoms with Gasteiger partial charge in [0, 0.05) is 19.0 Å². The van der Waals surface area contributed by atoms with Crippen LogP contribution < -0.4 is 10.1 Å². The standard InChI is InChI=1S/C13H13BrF3NO/c1-3-4-9(2)18-8-10-5-6-12(11(14)7-10)19-13(15,16)17/h1,5-7,9,18H,4,8H2,2H3. The molecule has 2 nitrogen and oxygen atoms in total. The second kappa shape index (κ2) is 6.83. The van der Waals surface area contributed by atoms with Crippen molar-refractivity contribution in [1.29, 1.82) is 0 Å². The first kappa shape index (κ1) is 15.9. The molecule has 0 fully saturated rings. The minimum atomic E-state index is -4.69. The highest BCUT2D eigenvalue weighted by Gasteiger charge is 2.31. The number of hydrogen-bond donors (Lipinski definition) is 1. The third kappa shape index (κ3) is 5.99. The van der Waals surface area contributed by atoms with Crippen molar-refractivity contribution in [1.82, 2.24) is 5.32 Å². The molecule has 1 rings (SSSR count). The smallest absolute Gasteiger partial charge is 0.405 e. The third-order valence-corrected chi connectivity index (χ3v) is 2.92. The molecule has 1 atom stereocenters. The molecule has 0 aliphatic carbocycles. The van der Waals surface area contributed by atoms with Crippen molar-refractivity contribution in [2.75, 3.05) is 0 Å². The van der Waals surface area contributed by atoms with E-state index < -0.39 is 6.36 Å². The summed E-state index contributed by atoms with van der Waals surface area (Å²) in [6, 6.07) is 4.58. The van der Waals surface area contributed by atoms with Crippen molar-refractivity contribution in [3.8, 4) is 18.1 Å². The first-order valence-electron chi connectivity index (χ1n) is 5.53. The van der Waals surface area contributed by atoms with Gasteiger partial charge in [-0.05, 0) is 40.5 Å². The fraction of sp³-hybridized carbons (Fsp3) is 0.385. The van der Waals surface area contributed by atoms with Gasteiger partial charge in [-0.3, -0.25) is 0 Å². The predicted molar refractivity (Wildman–Crippen MR) is 70.6 cm³/mol. The Kier molecular flexibility index (Phi) is 5.70. The normalized spacial score (nSPS) is 12.8. The molecule has 1 unspecified atom stereocenters. The Labute approximate surface area is 118 Å². The van der Waals surface area contributed by atoms with E-state index in [2.05, 4.69) is 31.9 Å². The Morgan fingerprint density at radius 2 is 2.16 bits per heavy atom. The van der Waals surface area contributed by atoms with Gasteiger partial charge in [0.1, 0.15) is 5.75 Å². The molecule has 0 aliphatic rings. The number of terminal acetylenes is 1. The van der Waals surface area contributed by atoms with Gasteiger partial charge in [0.2, 0.25) is 0 Å². The van der Waals surface area contributed by atoms with E-state index in [1.54, 1.807) is 12.1 Å². The van der Waals surface area contributed by atoms with Gasteiger partial charge in [-0.2, -0.15) is 0 Å². The largest absolute Gasteiger partial charge is 0.573 e. The first-order chi connectivity index (χ1) is 8.81. The van der Waals surface area contributed by atoms with Gasteiger partial charge in [-0.15, -0.1) is 25.5 Å². The summed E-state index contributed by atoms with van der Waals surface area (Å²) in [5.41, 5.74) is 0.838. The van der Waals surface area contributed by atoms with E-state index in [0.29, 0.717) is 13.0 Å². The number of nitrogens with one attached hydrogen (secondary N) is 1. The number of ether oxygens (including phenoxy) is 1. The highest BCUT2D eigenvalue weighted by atomic mass is 79.9. The monoisotopic (exact) mass is 335 g/mol. The van der Waals surface area contributed by atoms with Crippen molar-refractivity contribution >= 4 is 15.9 Å². The second-order valence-electron chi connectivity index (χ2n) is 4.00. The van der Waals surface area contributed by atoms with Crippen LogP contribution in [-0.2, 0) is 6.54 Å². The number of halogens is 4. The SMILES string of the molecule is C#CCC(C)NCc1ccc(OC(F)(F)F)c(Br)c1. The van der Waals surface area contributed by atoms with Crippen LogP contribution in [0, 0.1) is 12.3 Å². The average molecular weight is 336 g/mol. The third-order valence-electron chi connectivity index (χ3n) is 2.30. The van der Waals surface area contributed by atoms with E-state index in [-0.39, 0.29) is 16.3 Å². The van der Waals surface area contributed by atoms with Gasteiger partial charge in [0.25, 0.3) is 0 Å². The molecule has 19 heavy (non-hydrogen) atoms. The maximum atomic E-state index is 12.1. The molecule has 1 N–H and O–H groups in total. The molecular weight excluding hydrogens is 323 g/mol. The molecule has 0 bridgehead atoms. The molecule has 0 aromatic heterocycles. The molecular formula is C13H13BrF3NO. The first-order valence-corrected chi connectivity index (χ1v) is 6.32. The van der Waals surface area contributed by atoms with Crippen molar-refractivity contribution in [3.63, 3.8) is 0 Å². The summed E-state index contributed by atoms with van der Waals surface area (Å²) in [5.74, 6) is 2.28. The van der Waals surface area contributed by atoms with Crippen molar-refractivity contribution < 1.29 is 17.9 Å². The van der Waals surface area contributed by atoms with E-state index in [4.69, 9.17) is 6.42 Å². The van der Waals surface area contributed by atoms with E-state index in [0.717, 1.165) is 5.56 Å². The minimum absolute atomic E-state index is 0.148. The van der Waals surface area contributed by atoms with Crippen LogP contribution in [0.1, 0.15) is 18.9 Å². The van der Waals surface area contributed by atoms with Gasteiger partial charge in [-0.25, -0.2) is 0 Å². The molecule has 0 spiro atoms. The summed E-state index contributed by atoms with van der Waals surface area (Å²) in [5, 5.41) is 3.17. The molecule has 0 radical (unpaired) electrons. The summed E-state index contributed by atoms with van der Waals surface area (Å²) in [4.78, 5) is 0. The van der Waals surface area contributed by atoms with Crippen LogP contribution in [-0.4, -0.2) is 12.4 Å². The van der Waals surface area contributed by atoms with Crippen molar-refractivity contribution in [3.05, 3.63) is 28.2 Å². The van der Waals surface area contributed by atoms with Crippen LogP contribution >= 0.6 is 15.9 Å². The van der Waals surface area contributed by atoms with Crippen LogP contribution in [0.2, 0.25) is 0 Å². The zero-order chi connectivity index (χ0) is 14.5. The topological polar surface area (TPSA) is 21.3 Å². The zero-order valence-electron chi connectivity index (χ0n) is 10.2. The van der Waals surface area contributed by atoms with Crippen LogP contribution in [0.15, 0.2) is 22.7 Å². The fourth-order valence-corrected chi connectivity index (χ4v) is 1.91. The molecule has 104 valence electrons. The van der Waals surface area contributed by atoms with E-state index in [1.807, 2.05) is 6.92 Å². The number of benzene rings is 1. The van der Waals surface area contributed by atoms with Crippen molar-refractivity contribution in [2.45, 2.75) is 32.3 Å². The fourth-order valence-electron chi connectivity index (χ4n) is 1.40. The van der Waals surface area contributed by atoms with Crippen LogP contribution in [0.5, 0.6) is 5.75 Å². The average Bonchev–Trinajstić information content (AvgIpc) is 2.28. The number of rotatable bonds is 5. The summed E-state index contributed by atoms with van der Waals surface area (Å²) in [6.45, 7) is 2.46. The molecule has 0 amide bonds. The van der Waals surface area contributed by atoms with Gasteiger partial charge in [0.15, 0.2) is 0 Å². The highest BCUT2D eigenvalue weighted by molar-refractivity contribution is 9.10. The highest BCUT2D eigenvalue weighted by Crippen LogP contribution is 2.31. The summed E-state index contributed by atoms with van der Waals surface area (Å²) < 4.78 is 40.4. The lowest BCUT2D eigenvalue weighted by Gasteiger charge is -2.13. The Morgan fingerprint density at radius 3 is 2.68 bits per heavy atom. The van der Waals surface area contributed by atoms with Crippen LogP contribution in [0.4, 0.5) is 13.2 Å². The summed E-state index contributed by atoms with van der Waals surface area (Å²) >= 11 is 3.05. The van der Waals surface area contributed by atoms with E-state index >= 15 is 0 Å². The van der Waals surface area contributed by atoms with E-state index in [1.165, 1.54) is 6.07 Å². The summed E-state index contributed by atoms with van der Waals surface area (Å²) in [6.07, 6.45) is 1.08. The quantitative estimate of drug-likeness (QED) is 0.825. The predicted octanol–water partition coefficient (Wildman–Crippen LogP) is 3.85. The van der Waals surface area contributed by atoms with Crippen molar-refractivity contribution in [2.24, 2.45) is 0 Å². The zero-order valence-corrected chi connectivity index (χ0v) is 11.8. The molecule has 1 aromatic rings.